The number of rotatable bonds is 7. The summed E-state index contributed by atoms with van der Waals surface area (Å²) in [6.07, 6.45) is 8.40. The van der Waals surface area contributed by atoms with Crippen molar-refractivity contribution in [3.8, 4) is 0 Å². The molecule has 5 N–H and O–H groups in total. The van der Waals surface area contributed by atoms with Crippen LogP contribution < -0.4 is 11.5 Å². The Morgan fingerprint density at radius 1 is 0.792 bits per heavy atom. The monoisotopic (exact) mass is 876 g/mol. The van der Waals surface area contributed by atoms with Crippen molar-refractivity contribution >= 4 is 120 Å². The Balaban J connectivity index is 0.000000190. The zero-order valence-electron chi connectivity index (χ0n) is 27.4. The number of para-hydroxylation sites is 2. The van der Waals surface area contributed by atoms with Crippen molar-refractivity contribution in [2.75, 3.05) is 0 Å². The van der Waals surface area contributed by atoms with Gasteiger partial charge < -0.3 is 16.5 Å². The van der Waals surface area contributed by atoms with Gasteiger partial charge in [-0.15, -0.1) is 35.1 Å². The highest BCUT2D eigenvalue weighted by atomic mass is 35.7. The lowest BCUT2D eigenvalue weighted by atomic mass is 10.1. The smallest absolute Gasteiger partial charge is 0.287 e. The maximum atomic E-state index is 13.3. The van der Waals surface area contributed by atoms with Gasteiger partial charge in [0.1, 0.15) is 0 Å². The molecule has 53 heavy (non-hydrogen) atoms. The Bertz CT molecular complexity index is 2710. The molecular weight excluding hydrogens is 842 g/mol. The summed E-state index contributed by atoms with van der Waals surface area (Å²) in [6, 6.07) is 15.8. The van der Waals surface area contributed by atoms with E-state index in [1.54, 1.807) is 35.4 Å². The molecule has 0 saturated heterocycles. The average Bonchev–Trinajstić information content (AvgIpc) is 3.89. The zero-order valence-corrected chi connectivity index (χ0v) is 33.7. The van der Waals surface area contributed by atoms with E-state index < -0.39 is 19.1 Å². The molecule has 2 atom stereocenters. The van der Waals surface area contributed by atoms with Gasteiger partial charge in [-0.1, -0.05) is 67.0 Å². The van der Waals surface area contributed by atoms with Crippen LogP contribution in [0.4, 0.5) is 0 Å². The minimum atomic E-state index is -3.91. The summed E-state index contributed by atoms with van der Waals surface area (Å²) in [5.74, 6) is 0. The number of imidazole rings is 2. The highest BCUT2D eigenvalue weighted by molar-refractivity contribution is 8.13. The predicted octanol–water partition coefficient (Wildman–Crippen LogP) is 8.22. The Morgan fingerprint density at radius 2 is 1.30 bits per heavy atom. The Labute approximate surface area is 335 Å². The third-order valence-corrected chi connectivity index (χ3v) is 12.9. The molecule has 6 aromatic heterocycles. The molecule has 8 aromatic rings. The summed E-state index contributed by atoms with van der Waals surface area (Å²) in [7, 11) is -2.58. The lowest BCUT2D eigenvalue weighted by Gasteiger charge is -2.07. The number of fused-ring (bicyclic) bond motifs is 4. The number of hydrogen-bond acceptors (Lipinski definition) is 10. The summed E-state index contributed by atoms with van der Waals surface area (Å²) in [5.41, 5.74) is 15.7. The average molecular weight is 879 g/mol. The van der Waals surface area contributed by atoms with Gasteiger partial charge in [-0.05, 0) is 49.9 Å². The zero-order chi connectivity index (χ0) is 36.7. The van der Waals surface area contributed by atoms with E-state index in [0.717, 1.165) is 17.4 Å². The van der Waals surface area contributed by atoms with E-state index in [1.807, 2.05) is 44.3 Å². The maximum Gasteiger partial charge on any atom is 0.287 e. The largest absolute Gasteiger partial charge is 0.361 e. The molecule has 20 heteroatoms. The Hall–Kier alpha value is -3.16. The van der Waals surface area contributed by atoms with Gasteiger partial charge in [0, 0.05) is 74.6 Å². The SMILES string of the molecule is C.C[C@H](N)Cc1c[nH]c2ccccc12.C[C@H](N)Cc1cn(S(=O)(=O)c2c(Cl)nc3sccn23)c2ccccc12.Cl.O=S(=O)(Cl)c1c(Cl)nc2sccn12. The molecule has 6 heterocycles. The molecule has 284 valence electrons. The van der Waals surface area contributed by atoms with E-state index >= 15 is 0 Å². The molecule has 2 aromatic carbocycles. The number of hydrogen-bond donors (Lipinski definition) is 3. The second-order valence-corrected chi connectivity index (χ2v) is 18.3. The normalized spacial score (nSPS) is 12.8. The van der Waals surface area contributed by atoms with Crippen LogP contribution in [0.2, 0.25) is 10.3 Å². The summed E-state index contributed by atoms with van der Waals surface area (Å²) < 4.78 is 52.9. The predicted molar refractivity (Wildman–Crippen MR) is 221 cm³/mol. The molecule has 0 fully saturated rings. The summed E-state index contributed by atoms with van der Waals surface area (Å²) >= 11 is 14.4. The van der Waals surface area contributed by atoms with Crippen molar-refractivity contribution < 1.29 is 16.8 Å². The van der Waals surface area contributed by atoms with Gasteiger partial charge >= 0.3 is 0 Å². The van der Waals surface area contributed by atoms with Crippen LogP contribution in [0, 0.1) is 0 Å². The quantitative estimate of drug-likeness (QED) is 0.134. The van der Waals surface area contributed by atoms with Crippen molar-refractivity contribution in [1.82, 2.24) is 27.7 Å². The van der Waals surface area contributed by atoms with E-state index in [9.17, 15) is 16.8 Å². The minimum Gasteiger partial charge on any atom is -0.361 e. The molecule has 0 bridgehead atoms. The van der Waals surface area contributed by atoms with Crippen LogP contribution in [0.5, 0.6) is 0 Å². The molecular formula is C33H36Cl4N8O4S4. The molecule has 12 nitrogen and oxygen atoms in total. The van der Waals surface area contributed by atoms with Crippen LogP contribution in [0.25, 0.3) is 31.7 Å². The Morgan fingerprint density at radius 3 is 1.89 bits per heavy atom. The lowest BCUT2D eigenvalue weighted by molar-refractivity contribution is 0.584. The first-order chi connectivity index (χ1) is 24.2. The van der Waals surface area contributed by atoms with Gasteiger partial charge in [-0.25, -0.2) is 22.4 Å². The molecule has 0 aliphatic carbocycles. The highest BCUT2D eigenvalue weighted by Crippen LogP contribution is 2.32. The summed E-state index contributed by atoms with van der Waals surface area (Å²) in [6.45, 7) is 3.92. The van der Waals surface area contributed by atoms with Crippen LogP contribution in [0.1, 0.15) is 32.4 Å². The fourth-order valence-corrected chi connectivity index (χ4v) is 10.9. The standard InChI is InChI=1S/C16H15ClN4O2S2.C11H14N2.C5H2Cl2N2O2S2.CH4.ClH/c1-10(18)8-11-9-21(13-5-3-2-4-12(11)13)25(22,23)15-14(17)19-16-20(15)6-7-24-16;1-8(12)6-9-7-13-11-5-3-2-4-10(9)11;6-3-4(13(7,10)11)9-1-2-12-5(9)8-3;;/h2-7,9-10H,8,18H2,1H3;2-5,7-8,13H,6,12H2,1H3;1-2H;1H4;1H/t10-;8-;;;/m00.../s1. The van der Waals surface area contributed by atoms with Gasteiger partial charge in [0.05, 0.1) is 5.52 Å². The molecule has 0 saturated carbocycles. The fourth-order valence-electron chi connectivity index (χ4n) is 5.59. The van der Waals surface area contributed by atoms with E-state index in [-0.39, 0.29) is 52.3 Å². The van der Waals surface area contributed by atoms with Crippen LogP contribution >= 0.6 is 69.0 Å². The van der Waals surface area contributed by atoms with Crippen LogP contribution in [0.3, 0.4) is 0 Å². The third kappa shape index (κ3) is 8.88. The van der Waals surface area contributed by atoms with Crippen molar-refractivity contribution in [2.45, 2.75) is 56.3 Å². The Kier molecular flexibility index (Phi) is 13.7. The molecule has 0 spiro atoms. The number of aromatic nitrogens is 6. The lowest BCUT2D eigenvalue weighted by Crippen LogP contribution is -2.18. The number of benzene rings is 2. The van der Waals surface area contributed by atoms with E-state index in [4.69, 9.17) is 45.4 Å². The topological polar surface area (TPSA) is 176 Å². The van der Waals surface area contributed by atoms with Crippen molar-refractivity contribution in [3.05, 3.63) is 106 Å². The number of halogens is 4. The molecule has 0 unspecified atom stereocenters. The first-order valence-electron chi connectivity index (χ1n) is 15.2. The van der Waals surface area contributed by atoms with Crippen LogP contribution in [-0.4, -0.2) is 56.6 Å². The highest BCUT2D eigenvalue weighted by Gasteiger charge is 2.29. The second kappa shape index (κ2) is 17.1. The number of nitrogens with two attached hydrogens (primary N) is 2. The van der Waals surface area contributed by atoms with Crippen LogP contribution in [0.15, 0.2) is 94.1 Å². The first kappa shape index (κ1) is 42.6. The molecule has 0 radical (unpaired) electrons. The number of nitrogens with one attached hydrogen (secondary N) is 1. The first-order valence-corrected chi connectivity index (χ1v) is 21.5. The summed E-state index contributed by atoms with van der Waals surface area (Å²) in [4.78, 5) is 12.2. The van der Waals surface area contributed by atoms with Crippen LogP contribution in [-0.2, 0) is 31.9 Å². The van der Waals surface area contributed by atoms with Gasteiger partial charge in [0.25, 0.3) is 19.1 Å². The van der Waals surface area contributed by atoms with Crippen molar-refractivity contribution in [3.63, 3.8) is 0 Å². The van der Waals surface area contributed by atoms with Gasteiger partial charge in [0.15, 0.2) is 25.3 Å². The van der Waals surface area contributed by atoms with Gasteiger partial charge in [-0.3, -0.25) is 8.80 Å². The number of H-pyrrole nitrogens is 1. The summed E-state index contributed by atoms with van der Waals surface area (Å²) in [5, 5.41) is 5.30. The number of nitrogens with zero attached hydrogens (tertiary/aromatic N) is 5. The number of thiazole rings is 2. The van der Waals surface area contributed by atoms with E-state index in [1.165, 1.54) is 51.9 Å². The molecule has 0 aliphatic rings. The second-order valence-electron chi connectivity index (χ2n) is 11.7. The third-order valence-electron chi connectivity index (χ3n) is 7.61. The molecule has 0 aliphatic heterocycles. The van der Waals surface area contributed by atoms with E-state index in [2.05, 4.69) is 33.2 Å². The fraction of sp³-hybridized carbons (Fsp3) is 0.212. The molecule has 8 rings (SSSR count). The van der Waals surface area contributed by atoms with E-state index in [0.29, 0.717) is 21.9 Å². The number of aromatic amines is 1. The van der Waals surface area contributed by atoms with Crippen molar-refractivity contribution in [1.29, 1.82) is 0 Å². The van der Waals surface area contributed by atoms with Gasteiger partial charge in [0.2, 0.25) is 5.03 Å². The van der Waals surface area contributed by atoms with Gasteiger partial charge in [-0.2, -0.15) is 8.42 Å². The molecule has 0 amide bonds. The minimum absolute atomic E-state index is 0. The van der Waals surface area contributed by atoms with Crippen molar-refractivity contribution in [2.24, 2.45) is 11.5 Å². The maximum absolute atomic E-state index is 13.3.